The van der Waals surface area contributed by atoms with E-state index in [1.54, 1.807) is 0 Å². The second kappa shape index (κ2) is 7.25. The van der Waals surface area contributed by atoms with Crippen LogP contribution >= 0.6 is 0 Å². The van der Waals surface area contributed by atoms with E-state index in [0.29, 0.717) is 17.4 Å². The third-order valence-corrected chi connectivity index (χ3v) is 4.73. The zero-order valence-electron chi connectivity index (χ0n) is 10.2. The lowest BCUT2D eigenvalue weighted by Gasteiger charge is -2.09. The quantitative estimate of drug-likeness (QED) is 0.611. The molecule has 0 spiro atoms. The van der Waals surface area contributed by atoms with E-state index in [4.69, 9.17) is 0 Å². The first kappa shape index (κ1) is 13.9. The van der Waals surface area contributed by atoms with Crippen LogP contribution in [0.3, 0.4) is 0 Å². The lowest BCUT2D eigenvalue weighted by atomic mass is 10.1. The second-order valence-electron chi connectivity index (χ2n) is 4.58. The second-order valence-corrected chi connectivity index (χ2v) is 6.81. The molecular formula is C11H24N2O2S. The van der Waals surface area contributed by atoms with Crippen molar-refractivity contribution in [2.75, 3.05) is 37.7 Å². The molecule has 1 saturated heterocycles. The van der Waals surface area contributed by atoms with E-state index in [0.717, 1.165) is 39.0 Å². The van der Waals surface area contributed by atoms with E-state index in [-0.39, 0.29) is 0 Å². The Morgan fingerprint density at radius 1 is 1.19 bits per heavy atom. The van der Waals surface area contributed by atoms with Crippen LogP contribution in [0.2, 0.25) is 0 Å². The first-order valence-corrected chi connectivity index (χ1v) is 8.08. The van der Waals surface area contributed by atoms with Gasteiger partial charge in [0.15, 0.2) is 9.84 Å². The fourth-order valence-corrected chi connectivity index (χ4v) is 3.84. The molecule has 2 N–H and O–H groups in total. The molecule has 1 heterocycles. The van der Waals surface area contributed by atoms with Crippen molar-refractivity contribution in [3.63, 3.8) is 0 Å². The fourth-order valence-electron chi connectivity index (χ4n) is 1.98. The topological polar surface area (TPSA) is 58.2 Å². The average molecular weight is 248 g/mol. The van der Waals surface area contributed by atoms with Gasteiger partial charge in [-0.3, -0.25) is 0 Å². The summed E-state index contributed by atoms with van der Waals surface area (Å²) < 4.78 is 22.4. The Balaban J connectivity index is 1.92. The maximum absolute atomic E-state index is 11.2. The maximum Gasteiger partial charge on any atom is 0.150 e. The average Bonchev–Trinajstić information content (AvgIpc) is 2.57. The minimum atomic E-state index is -2.70. The van der Waals surface area contributed by atoms with Crippen LogP contribution in [-0.2, 0) is 9.84 Å². The summed E-state index contributed by atoms with van der Waals surface area (Å²) in [7, 11) is -2.70. The molecule has 16 heavy (non-hydrogen) atoms. The number of hydrogen-bond donors (Lipinski definition) is 2. The lowest BCUT2D eigenvalue weighted by Crippen LogP contribution is -2.27. The summed E-state index contributed by atoms with van der Waals surface area (Å²) in [6, 6.07) is 0. The van der Waals surface area contributed by atoms with Crippen molar-refractivity contribution in [3.8, 4) is 0 Å². The summed E-state index contributed by atoms with van der Waals surface area (Å²) in [4.78, 5) is 0. The first-order chi connectivity index (χ1) is 7.64. The Morgan fingerprint density at radius 3 is 2.56 bits per heavy atom. The molecule has 1 rings (SSSR count). The molecule has 1 aliphatic rings. The molecule has 96 valence electrons. The van der Waals surface area contributed by atoms with E-state index >= 15 is 0 Å². The van der Waals surface area contributed by atoms with Gasteiger partial charge in [-0.15, -0.1) is 0 Å². The van der Waals surface area contributed by atoms with Crippen molar-refractivity contribution in [2.45, 2.75) is 26.2 Å². The summed E-state index contributed by atoms with van der Waals surface area (Å²) in [6.07, 6.45) is 3.12. The Kier molecular flexibility index (Phi) is 6.31. The third-order valence-electron chi connectivity index (χ3n) is 2.89. The van der Waals surface area contributed by atoms with Crippen LogP contribution in [0, 0.1) is 5.92 Å². The molecule has 0 aliphatic carbocycles. The van der Waals surface area contributed by atoms with Crippen LogP contribution in [0.1, 0.15) is 26.2 Å². The highest BCUT2D eigenvalue weighted by Crippen LogP contribution is 2.17. The van der Waals surface area contributed by atoms with Crippen LogP contribution in [0.15, 0.2) is 0 Å². The summed E-state index contributed by atoms with van der Waals surface area (Å²) in [5.41, 5.74) is 0. The maximum atomic E-state index is 11.2. The van der Waals surface area contributed by atoms with Gasteiger partial charge in [-0.25, -0.2) is 8.42 Å². The molecule has 0 aromatic carbocycles. The Bertz CT molecular complexity index is 278. The van der Waals surface area contributed by atoms with Crippen LogP contribution in [-0.4, -0.2) is 46.1 Å². The van der Waals surface area contributed by atoms with Crippen molar-refractivity contribution in [1.82, 2.24) is 10.6 Å². The van der Waals surface area contributed by atoms with Gasteiger partial charge in [-0.2, -0.15) is 0 Å². The minimum Gasteiger partial charge on any atom is -0.317 e. The summed E-state index contributed by atoms with van der Waals surface area (Å²) in [5.74, 6) is 1.11. The Hall–Kier alpha value is -0.130. The third kappa shape index (κ3) is 5.82. The highest BCUT2D eigenvalue weighted by Gasteiger charge is 2.27. The van der Waals surface area contributed by atoms with E-state index in [1.807, 2.05) is 0 Å². The summed E-state index contributed by atoms with van der Waals surface area (Å²) >= 11 is 0. The number of sulfone groups is 1. The Labute approximate surface area is 99.1 Å². The number of rotatable bonds is 8. The molecule has 4 nitrogen and oxygen atoms in total. The van der Waals surface area contributed by atoms with Gasteiger partial charge < -0.3 is 10.6 Å². The molecule has 0 radical (unpaired) electrons. The van der Waals surface area contributed by atoms with Gasteiger partial charge in [0, 0.05) is 0 Å². The standard InChI is InChI=1S/C11H24N2O2S/c1-2-5-12-6-3-7-13-9-11-4-8-16(14,15)10-11/h11-13H,2-10H2,1H3. The molecule has 0 saturated carbocycles. The van der Waals surface area contributed by atoms with Gasteiger partial charge in [-0.1, -0.05) is 6.92 Å². The molecule has 1 aliphatic heterocycles. The van der Waals surface area contributed by atoms with Gasteiger partial charge in [-0.05, 0) is 51.4 Å². The molecule has 0 bridgehead atoms. The van der Waals surface area contributed by atoms with E-state index < -0.39 is 9.84 Å². The first-order valence-electron chi connectivity index (χ1n) is 6.26. The molecule has 0 amide bonds. The molecule has 0 aromatic rings. The molecule has 1 atom stereocenters. The molecule has 5 heteroatoms. The van der Waals surface area contributed by atoms with Crippen LogP contribution < -0.4 is 10.6 Å². The molecule has 1 fully saturated rings. The van der Waals surface area contributed by atoms with Gasteiger partial charge in [0.05, 0.1) is 11.5 Å². The predicted molar refractivity (Wildman–Crippen MR) is 67.4 cm³/mol. The zero-order chi connectivity index (χ0) is 11.9. The smallest absolute Gasteiger partial charge is 0.150 e. The van der Waals surface area contributed by atoms with Crippen molar-refractivity contribution in [3.05, 3.63) is 0 Å². The molecule has 1 unspecified atom stereocenters. The van der Waals surface area contributed by atoms with Crippen molar-refractivity contribution >= 4 is 9.84 Å². The Morgan fingerprint density at radius 2 is 1.94 bits per heavy atom. The predicted octanol–water partition coefficient (Wildman–Crippen LogP) is 0.400. The van der Waals surface area contributed by atoms with E-state index in [2.05, 4.69) is 17.6 Å². The summed E-state index contributed by atoms with van der Waals surface area (Å²) in [5, 5.41) is 6.68. The molecule has 0 aromatic heterocycles. The largest absolute Gasteiger partial charge is 0.317 e. The normalized spacial score (nSPS) is 23.7. The monoisotopic (exact) mass is 248 g/mol. The zero-order valence-corrected chi connectivity index (χ0v) is 11.0. The van der Waals surface area contributed by atoms with Gasteiger partial charge in [0.2, 0.25) is 0 Å². The van der Waals surface area contributed by atoms with Crippen LogP contribution in [0.25, 0.3) is 0 Å². The fraction of sp³-hybridized carbons (Fsp3) is 1.00. The lowest BCUT2D eigenvalue weighted by molar-refractivity contribution is 0.507. The van der Waals surface area contributed by atoms with Crippen LogP contribution in [0.4, 0.5) is 0 Å². The highest BCUT2D eigenvalue weighted by molar-refractivity contribution is 7.91. The van der Waals surface area contributed by atoms with E-state index in [1.165, 1.54) is 6.42 Å². The van der Waals surface area contributed by atoms with Crippen LogP contribution in [0.5, 0.6) is 0 Å². The number of hydrogen-bond acceptors (Lipinski definition) is 4. The summed E-state index contributed by atoms with van der Waals surface area (Å²) in [6.45, 7) is 6.12. The molecular weight excluding hydrogens is 224 g/mol. The van der Waals surface area contributed by atoms with Gasteiger partial charge >= 0.3 is 0 Å². The van der Waals surface area contributed by atoms with Crippen molar-refractivity contribution < 1.29 is 8.42 Å². The van der Waals surface area contributed by atoms with Gasteiger partial charge in [0.25, 0.3) is 0 Å². The highest BCUT2D eigenvalue weighted by atomic mass is 32.2. The van der Waals surface area contributed by atoms with Crippen molar-refractivity contribution in [2.24, 2.45) is 5.92 Å². The van der Waals surface area contributed by atoms with E-state index in [9.17, 15) is 8.42 Å². The van der Waals surface area contributed by atoms with Gasteiger partial charge in [0.1, 0.15) is 0 Å². The minimum absolute atomic E-state index is 0.341. The van der Waals surface area contributed by atoms with Crippen molar-refractivity contribution in [1.29, 1.82) is 0 Å². The SMILES string of the molecule is CCCNCCCNCC1CCS(=O)(=O)C1. The number of nitrogens with one attached hydrogen (secondary N) is 2.